The number of fused-ring (bicyclic) bond motifs is 1. The van der Waals surface area contributed by atoms with Gasteiger partial charge in [0.05, 0.1) is 0 Å². The van der Waals surface area contributed by atoms with Crippen molar-refractivity contribution in [3.63, 3.8) is 0 Å². The first-order valence-electron chi connectivity index (χ1n) is 9.37. The molecule has 8 heteroatoms. The smallest absolute Gasteiger partial charge is 0.273 e. The first-order chi connectivity index (χ1) is 13.3. The Morgan fingerprint density at radius 1 is 1.19 bits per heavy atom. The molecule has 0 bridgehead atoms. The van der Waals surface area contributed by atoms with Gasteiger partial charge in [0, 0.05) is 56.3 Å². The van der Waals surface area contributed by atoms with Gasteiger partial charge in [0.2, 0.25) is 6.79 Å². The third kappa shape index (κ3) is 3.28. The number of likely N-dealkylation sites (tertiary alicyclic amines) is 1. The van der Waals surface area contributed by atoms with Crippen LogP contribution < -0.4 is 14.8 Å². The van der Waals surface area contributed by atoms with Crippen molar-refractivity contribution in [3.8, 4) is 22.1 Å². The zero-order chi connectivity index (χ0) is 18.2. The van der Waals surface area contributed by atoms with E-state index in [2.05, 4.69) is 15.2 Å². The average Bonchev–Trinajstić information content (AvgIpc) is 3.47. The molecule has 0 saturated carbocycles. The van der Waals surface area contributed by atoms with E-state index >= 15 is 0 Å². The van der Waals surface area contributed by atoms with E-state index in [1.54, 1.807) is 0 Å². The van der Waals surface area contributed by atoms with Crippen molar-refractivity contribution in [1.29, 1.82) is 0 Å². The molecule has 3 aliphatic heterocycles. The van der Waals surface area contributed by atoms with Crippen LogP contribution in [0.1, 0.15) is 16.9 Å². The van der Waals surface area contributed by atoms with Gasteiger partial charge in [-0.25, -0.2) is 4.98 Å². The summed E-state index contributed by atoms with van der Waals surface area (Å²) < 4.78 is 10.8. The van der Waals surface area contributed by atoms with E-state index in [0.29, 0.717) is 11.7 Å². The van der Waals surface area contributed by atoms with Gasteiger partial charge >= 0.3 is 0 Å². The SMILES string of the molecule is O=C(c1csc(-c2ccc3c(c2)OCO3)n1)N1CCC(N2CCNCC2)C1. The van der Waals surface area contributed by atoms with Crippen LogP contribution in [0.25, 0.3) is 10.6 Å². The van der Waals surface area contributed by atoms with Gasteiger partial charge in [0.1, 0.15) is 10.7 Å². The van der Waals surface area contributed by atoms with Gasteiger partial charge < -0.3 is 19.7 Å². The molecule has 3 aliphatic rings. The van der Waals surface area contributed by atoms with E-state index in [0.717, 1.165) is 67.8 Å². The van der Waals surface area contributed by atoms with Crippen molar-refractivity contribution in [2.45, 2.75) is 12.5 Å². The number of ether oxygens (including phenoxy) is 2. The average molecular weight is 386 g/mol. The fourth-order valence-electron chi connectivity index (χ4n) is 3.97. The molecule has 0 radical (unpaired) electrons. The topological polar surface area (TPSA) is 66.9 Å². The van der Waals surface area contributed by atoms with Crippen molar-refractivity contribution < 1.29 is 14.3 Å². The molecule has 4 heterocycles. The van der Waals surface area contributed by atoms with E-state index in [1.165, 1.54) is 11.3 Å². The second kappa shape index (κ2) is 7.10. The number of hydrogen-bond donors (Lipinski definition) is 1. The Labute approximate surface area is 161 Å². The largest absolute Gasteiger partial charge is 0.454 e. The minimum Gasteiger partial charge on any atom is -0.454 e. The normalized spacial score (nSPS) is 22.4. The number of nitrogens with zero attached hydrogens (tertiary/aromatic N) is 3. The van der Waals surface area contributed by atoms with Gasteiger partial charge in [0.25, 0.3) is 5.91 Å². The molecule has 27 heavy (non-hydrogen) atoms. The van der Waals surface area contributed by atoms with Crippen molar-refractivity contribution >= 4 is 17.2 Å². The summed E-state index contributed by atoms with van der Waals surface area (Å²) in [5, 5.41) is 6.07. The van der Waals surface area contributed by atoms with Crippen LogP contribution in [0.4, 0.5) is 0 Å². The summed E-state index contributed by atoms with van der Waals surface area (Å²) in [5.74, 6) is 1.52. The number of carbonyl (C=O) groups is 1. The van der Waals surface area contributed by atoms with Crippen molar-refractivity contribution in [2.24, 2.45) is 0 Å². The number of aromatic nitrogens is 1. The minimum atomic E-state index is 0.0378. The number of carbonyl (C=O) groups excluding carboxylic acids is 1. The van der Waals surface area contributed by atoms with Gasteiger partial charge in [-0.15, -0.1) is 11.3 Å². The molecule has 5 rings (SSSR count). The fraction of sp³-hybridized carbons (Fsp3) is 0.474. The molecule has 2 aromatic rings. The Kier molecular flexibility index (Phi) is 4.47. The fourth-order valence-corrected chi connectivity index (χ4v) is 4.76. The second-order valence-corrected chi connectivity index (χ2v) is 7.94. The Hall–Kier alpha value is -2.16. The van der Waals surface area contributed by atoms with Crippen molar-refractivity contribution in [2.75, 3.05) is 46.1 Å². The summed E-state index contributed by atoms with van der Waals surface area (Å²) >= 11 is 1.49. The first kappa shape index (κ1) is 17.0. The minimum absolute atomic E-state index is 0.0378. The molecule has 2 fully saturated rings. The third-order valence-electron chi connectivity index (χ3n) is 5.46. The number of nitrogens with one attached hydrogen (secondary N) is 1. The van der Waals surface area contributed by atoms with Crippen LogP contribution in [0, 0.1) is 0 Å². The summed E-state index contributed by atoms with van der Waals surface area (Å²) in [6.45, 7) is 6.07. The standard InChI is InChI=1S/C19H22N4O3S/c24-19(23-6-3-14(10-23)22-7-4-20-5-8-22)15-11-27-18(21-15)13-1-2-16-17(9-13)26-12-25-16/h1-2,9,11,14,20H,3-8,10,12H2. The van der Waals surface area contributed by atoms with Crippen molar-refractivity contribution in [3.05, 3.63) is 29.3 Å². The van der Waals surface area contributed by atoms with Crippen LogP contribution in [-0.4, -0.2) is 72.8 Å². The predicted molar refractivity (Wildman–Crippen MR) is 102 cm³/mol. The summed E-state index contributed by atoms with van der Waals surface area (Å²) in [5.41, 5.74) is 1.48. The molecular formula is C19H22N4O3S. The van der Waals surface area contributed by atoms with E-state index in [9.17, 15) is 4.79 Å². The third-order valence-corrected chi connectivity index (χ3v) is 6.35. The molecule has 1 amide bonds. The molecule has 1 aromatic heterocycles. The highest BCUT2D eigenvalue weighted by atomic mass is 32.1. The van der Waals surface area contributed by atoms with Crippen LogP contribution in [0.15, 0.2) is 23.6 Å². The van der Waals surface area contributed by atoms with Crippen LogP contribution in [0.5, 0.6) is 11.5 Å². The van der Waals surface area contributed by atoms with E-state index in [-0.39, 0.29) is 12.7 Å². The summed E-state index contributed by atoms with van der Waals surface area (Å²) in [6, 6.07) is 6.24. The van der Waals surface area contributed by atoms with Gasteiger partial charge in [0.15, 0.2) is 11.5 Å². The zero-order valence-corrected chi connectivity index (χ0v) is 15.8. The molecule has 1 unspecified atom stereocenters. The van der Waals surface area contributed by atoms with Crippen LogP contribution in [0.2, 0.25) is 0 Å². The van der Waals surface area contributed by atoms with Gasteiger partial charge in [-0.3, -0.25) is 9.69 Å². The quantitative estimate of drug-likeness (QED) is 0.866. The van der Waals surface area contributed by atoms with Crippen LogP contribution in [0.3, 0.4) is 0 Å². The molecule has 2 saturated heterocycles. The highest BCUT2D eigenvalue weighted by molar-refractivity contribution is 7.13. The number of thiazole rings is 1. The maximum absolute atomic E-state index is 12.9. The molecule has 1 N–H and O–H groups in total. The number of piperazine rings is 1. The lowest BCUT2D eigenvalue weighted by atomic mass is 10.2. The Morgan fingerprint density at radius 2 is 2.04 bits per heavy atom. The Morgan fingerprint density at radius 3 is 2.93 bits per heavy atom. The molecule has 7 nitrogen and oxygen atoms in total. The van der Waals surface area contributed by atoms with E-state index in [1.807, 2.05) is 28.5 Å². The Balaban J connectivity index is 1.28. The molecule has 0 aliphatic carbocycles. The maximum Gasteiger partial charge on any atom is 0.273 e. The molecule has 0 spiro atoms. The summed E-state index contributed by atoms with van der Waals surface area (Å²) in [4.78, 5) is 21.9. The Bertz CT molecular complexity index is 849. The summed E-state index contributed by atoms with van der Waals surface area (Å²) in [6.07, 6.45) is 1.05. The van der Waals surface area contributed by atoms with E-state index < -0.39 is 0 Å². The number of hydrogen-bond acceptors (Lipinski definition) is 7. The lowest BCUT2D eigenvalue weighted by Gasteiger charge is -2.32. The monoisotopic (exact) mass is 386 g/mol. The molecular weight excluding hydrogens is 364 g/mol. The number of rotatable bonds is 3. The van der Waals surface area contributed by atoms with Crippen molar-refractivity contribution in [1.82, 2.24) is 20.1 Å². The lowest BCUT2D eigenvalue weighted by Crippen LogP contribution is -2.49. The lowest BCUT2D eigenvalue weighted by molar-refractivity contribution is 0.0768. The van der Waals surface area contributed by atoms with E-state index in [4.69, 9.17) is 9.47 Å². The van der Waals surface area contributed by atoms with Crippen LogP contribution >= 0.6 is 11.3 Å². The molecule has 142 valence electrons. The summed E-state index contributed by atoms with van der Waals surface area (Å²) in [7, 11) is 0. The first-order valence-corrected chi connectivity index (χ1v) is 10.3. The number of benzene rings is 1. The van der Waals surface area contributed by atoms with Gasteiger partial charge in [-0.2, -0.15) is 0 Å². The highest BCUT2D eigenvalue weighted by Crippen LogP contribution is 2.36. The highest BCUT2D eigenvalue weighted by Gasteiger charge is 2.32. The van der Waals surface area contributed by atoms with Crippen LogP contribution in [-0.2, 0) is 0 Å². The second-order valence-electron chi connectivity index (χ2n) is 7.09. The van der Waals surface area contributed by atoms with Gasteiger partial charge in [-0.1, -0.05) is 0 Å². The van der Waals surface area contributed by atoms with Gasteiger partial charge in [-0.05, 0) is 24.6 Å². The molecule has 1 aromatic carbocycles. The maximum atomic E-state index is 12.9. The predicted octanol–water partition coefficient (Wildman–Crippen LogP) is 1.66. The molecule has 1 atom stereocenters. The zero-order valence-electron chi connectivity index (χ0n) is 15.0. The number of amides is 1.